The number of halogens is 1. The van der Waals surface area contributed by atoms with Crippen molar-refractivity contribution in [3.63, 3.8) is 0 Å². The third-order valence-corrected chi connectivity index (χ3v) is 5.26. The number of amides is 1. The van der Waals surface area contributed by atoms with Gasteiger partial charge in [-0.15, -0.1) is 0 Å². The number of rotatable bonds is 4. The molecule has 0 bridgehead atoms. The van der Waals surface area contributed by atoms with Gasteiger partial charge < -0.3 is 5.32 Å². The number of sulfonamides is 1. The van der Waals surface area contributed by atoms with E-state index in [9.17, 15) is 13.2 Å². The van der Waals surface area contributed by atoms with Crippen LogP contribution in [0.2, 0.25) is 5.02 Å². The fourth-order valence-corrected chi connectivity index (χ4v) is 3.58. The molecule has 2 aromatic rings. The summed E-state index contributed by atoms with van der Waals surface area (Å²) in [7, 11) is -3.78. The second kappa shape index (κ2) is 7.06. The third kappa shape index (κ3) is 4.96. The molecule has 0 aromatic heterocycles. The highest BCUT2D eigenvalue weighted by molar-refractivity contribution is 7.92. The molecule has 0 radical (unpaired) electrons. The summed E-state index contributed by atoms with van der Waals surface area (Å²) in [4.78, 5) is 11.1. The van der Waals surface area contributed by atoms with Crippen molar-refractivity contribution in [2.24, 2.45) is 0 Å². The summed E-state index contributed by atoms with van der Waals surface area (Å²) in [5.74, 6) is -0.283. The van der Waals surface area contributed by atoms with Gasteiger partial charge in [0, 0.05) is 12.6 Å². The molecule has 0 saturated heterocycles. The predicted molar refractivity (Wildman–Crippen MR) is 102 cm³/mol. The topological polar surface area (TPSA) is 75.3 Å². The smallest absolute Gasteiger partial charge is 0.261 e. The molecule has 0 aliphatic heterocycles. The van der Waals surface area contributed by atoms with Crippen LogP contribution in [0, 0.1) is 0 Å². The van der Waals surface area contributed by atoms with E-state index >= 15 is 0 Å². The Bertz CT molecular complexity index is 886. The van der Waals surface area contributed by atoms with Crippen molar-refractivity contribution >= 4 is 38.9 Å². The maximum absolute atomic E-state index is 12.5. The zero-order chi connectivity index (χ0) is 18.8. The second-order valence-electron chi connectivity index (χ2n) is 6.76. The number of anilines is 2. The minimum absolute atomic E-state index is 0.00945. The Morgan fingerprint density at radius 1 is 1.04 bits per heavy atom. The highest BCUT2D eigenvalue weighted by Crippen LogP contribution is 2.27. The molecule has 134 valence electrons. The van der Waals surface area contributed by atoms with Gasteiger partial charge in [0.05, 0.1) is 15.6 Å². The lowest BCUT2D eigenvalue weighted by molar-refractivity contribution is -0.114. The third-order valence-electron chi connectivity index (χ3n) is 3.56. The lowest BCUT2D eigenvalue weighted by atomic mass is 9.87. The summed E-state index contributed by atoms with van der Waals surface area (Å²) in [6.45, 7) is 7.62. The van der Waals surface area contributed by atoms with Crippen molar-refractivity contribution in [2.45, 2.75) is 38.0 Å². The molecule has 0 heterocycles. The molecule has 0 saturated carbocycles. The van der Waals surface area contributed by atoms with Gasteiger partial charge in [0.15, 0.2) is 0 Å². The van der Waals surface area contributed by atoms with E-state index in [0.29, 0.717) is 11.4 Å². The Morgan fingerprint density at radius 2 is 1.64 bits per heavy atom. The van der Waals surface area contributed by atoms with E-state index in [1.807, 2.05) is 12.1 Å². The molecule has 5 nitrogen and oxygen atoms in total. The fraction of sp³-hybridized carbons (Fsp3) is 0.278. The van der Waals surface area contributed by atoms with Crippen molar-refractivity contribution in [2.75, 3.05) is 10.0 Å². The van der Waals surface area contributed by atoms with Gasteiger partial charge in [-0.2, -0.15) is 0 Å². The quantitative estimate of drug-likeness (QED) is 0.825. The van der Waals surface area contributed by atoms with E-state index in [0.717, 1.165) is 5.56 Å². The van der Waals surface area contributed by atoms with Crippen LogP contribution in [0.4, 0.5) is 11.4 Å². The number of hydrogen-bond acceptors (Lipinski definition) is 3. The molecular formula is C18H21ClN2O3S. The minimum atomic E-state index is -3.78. The summed E-state index contributed by atoms with van der Waals surface area (Å²) in [5, 5.41) is 2.69. The van der Waals surface area contributed by atoms with E-state index in [2.05, 4.69) is 30.8 Å². The van der Waals surface area contributed by atoms with Crippen LogP contribution in [0.15, 0.2) is 47.4 Å². The van der Waals surface area contributed by atoms with Crippen molar-refractivity contribution in [1.29, 1.82) is 0 Å². The summed E-state index contributed by atoms with van der Waals surface area (Å²) >= 11 is 6.05. The number of benzene rings is 2. The molecule has 25 heavy (non-hydrogen) atoms. The van der Waals surface area contributed by atoms with E-state index in [1.165, 1.54) is 25.1 Å². The van der Waals surface area contributed by atoms with E-state index < -0.39 is 10.0 Å². The molecule has 2 rings (SSSR count). The molecule has 0 unspecified atom stereocenters. The fourth-order valence-electron chi connectivity index (χ4n) is 2.21. The van der Waals surface area contributed by atoms with E-state index in [4.69, 9.17) is 11.6 Å². The van der Waals surface area contributed by atoms with Crippen LogP contribution in [0.1, 0.15) is 33.3 Å². The van der Waals surface area contributed by atoms with Crippen molar-refractivity contribution in [1.82, 2.24) is 0 Å². The molecule has 0 aliphatic rings. The normalized spacial score (nSPS) is 11.9. The molecular weight excluding hydrogens is 360 g/mol. The zero-order valence-electron chi connectivity index (χ0n) is 14.6. The van der Waals surface area contributed by atoms with Gasteiger partial charge in [0.25, 0.3) is 10.0 Å². The average Bonchev–Trinajstić information content (AvgIpc) is 2.48. The van der Waals surface area contributed by atoms with Crippen LogP contribution >= 0.6 is 11.6 Å². The number of nitrogens with one attached hydrogen (secondary N) is 2. The molecule has 2 aromatic carbocycles. The molecule has 7 heteroatoms. The van der Waals surface area contributed by atoms with Crippen LogP contribution in [0.5, 0.6) is 0 Å². The largest absolute Gasteiger partial charge is 0.325 e. The standard InChI is InChI=1S/C18H21ClN2O3S/c1-12(22)20-17-10-9-15(11-16(17)19)25(23,24)21-14-7-5-13(6-8-14)18(2,3)4/h5-11,21H,1-4H3,(H,20,22). The van der Waals surface area contributed by atoms with Crippen molar-refractivity contribution in [3.05, 3.63) is 53.1 Å². The van der Waals surface area contributed by atoms with Gasteiger partial charge in [-0.25, -0.2) is 8.42 Å². The van der Waals surface area contributed by atoms with Crippen LogP contribution in [0.25, 0.3) is 0 Å². The summed E-state index contributed by atoms with van der Waals surface area (Å²) in [6.07, 6.45) is 0. The minimum Gasteiger partial charge on any atom is -0.325 e. The SMILES string of the molecule is CC(=O)Nc1ccc(S(=O)(=O)Nc2ccc(C(C)(C)C)cc2)cc1Cl. The first-order valence-electron chi connectivity index (χ1n) is 7.69. The van der Waals surface area contributed by atoms with Crippen LogP contribution in [0.3, 0.4) is 0 Å². The Balaban J connectivity index is 2.24. The Morgan fingerprint density at radius 3 is 2.12 bits per heavy atom. The highest BCUT2D eigenvalue weighted by atomic mass is 35.5. The van der Waals surface area contributed by atoms with Gasteiger partial charge >= 0.3 is 0 Å². The first-order valence-corrected chi connectivity index (χ1v) is 9.56. The van der Waals surface area contributed by atoms with Gasteiger partial charge in [-0.3, -0.25) is 9.52 Å². The Kier molecular flexibility index (Phi) is 5.44. The first-order chi connectivity index (χ1) is 11.5. The van der Waals surface area contributed by atoms with E-state index in [-0.39, 0.29) is 21.2 Å². The molecule has 0 spiro atoms. The van der Waals surface area contributed by atoms with Crippen molar-refractivity contribution < 1.29 is 13.2 Å². The van der Waals surface area contributed by atoms with Gasteiger partial charge in [-0.1, -0.05) is 44.5 Å². The Labute approximate surface area is 153 Å². The number of carbonyl (C=O) groups excluding carboxylic acids is 1. The van der Waals surface area contributed by atoms with Gasteiger partial charge in [-0.05, 0) is 41.3 Å². The second-order valence-corrected chi connectivity index (χ2v) is 8.85. The molecule has 0 aliphatic carbocycles. The van der Waals surface area contributed by atoms with E-state index in [1.54, 1.807) is 12.1 Å². The maximum Gasteiger partial charge on any atom is 0.261 e. The summed E-state index contributed by atoms with van der Waals surface area (Å²) in [6, 6.07) is 11.4. The zero-order valence-corrected chi connectivity index (χ0v) is 16.1. The van der Waals surface area contributed by atoms with Crippen molar-refractivity contribution in [3.8, 4) is 0 Å². The summed E-state index contributed by atoms with van der Waals surface area (Å²) < 4.78 is 27.6. The molecule has 0 fully saturated rings. The van der Waals surface area contributed by atoms with Crippen LogP contribution < -0.4 is 10.0 Å². The highest BCUT2D eigenvalue weighted by Gasteiger charge is 2.17. The Hall–Kier alpha value is -2.05. The molecule has 0 atom stereocenters. The first kappa shape index (κ1) is 19.3. The lowest BCUT2D eigenvalue weighted by Gasteiger charge is -2.19. The monoisotopic (exact) mass is 380 g/mol. The van der Waals surface area contributed by atoms with Crippen LogP contribution in [-0.4, -0.2) is 14.3 Å². The number of hydrogen-bond donors (Lipinski definition) is 2. The summed E-state index contributed by atoms with van der Waals surface area (Å²) in [5.41, 5.74) is 1.93. The molecule has 2 N–H and O–H groups in total. The van der Waals surface area contributed by atoms with Crippen LogP contribution in [-0.2, 0) is 20.2 Å². The van der Waals surface area contributed by atoms with Gasteiger partial charge in [0.1, 0.15) is 0 Å². The molecule has 1 amide bonds. The maximum atomic E-state index is 12.5. The average molecular weight is 381 g/mol. The lowest BCUT2D eigenvalue weighted by Crippen LogP contribution is -2.14. The van der Waals surface area contributed by atoms with Gasteiger partial charge in [0.2, 0.25) is 5.91 Å². The number of carbonyl (C=O) groups is 1. The predicted octanol–water partition coefficient (Wildman–Crippen LogP) is 4.40.